The zero-order chi connectivity index (χ0) is 21.5. The molecule has 1 N–H and O–H groups in total. The monoisotopic (exact) mass is 449 g/mol. The molecule has 1 saturated heterocycles. The lowest BCUT2D eigenvalue weighted by Gasteiger charge is -2.29. The number of carbonyl (C=O) groups excluding carboxylic acids is 1. The van der Waals surface area contributed by atoms with E-state index in [1.54, 1.807) is 0 Å². The van der Waals surface area contributed by atoms with Gasteiger partial charge in [0.1, 0.15) is 0 Å². The second-order valence-electron chi connectivity index (χ2n) is 7.30. The van der Waals surface area contributed by atoms with Crippen LogP contribution in [0.25, 0.3) is 10.2 Å². The van der Waals surface area contributed by atoms with E-state index in [0.717, 1.165) is 33.7 Å². The maximum atomic E-state index is 13.0. The number of aryl methyl sites for hydroxylation is 2. The van der Waals surface area contributed by atoms with Crippen LogP contribution in [0.4, 0.5) is 9.52 Å². The van der Waals surface area contributed by atoms with Crippen molar-refractivity contribution in [3.63, 3.8) is 0 Å². The molecule has 1 fully saturated rings. The molecule has 0 unspecified atom stereocenters. The number of piperidine rings is 1. The van der Waals surface area contributed by atoms with Gasteiger partial charge >= 0.3 is 0 Å². The van der Waals surface area contributed by atoms with Crippen molar-refractivity contribution in [1.82, 2.24) is 19.3 Å². The number of anilines is 1. The van der Waals surface area contributed by atoms with Gasteiger partial charge in [-0.25, -0.2) is 27.8 Å². The predicted molar refractivity (Wildman–Crippen MR) is 111 cm³/mol. The number of nitrogens with zero attached hydrogens (tertiary/aromatic N) is 4. The second-order valence-corrected chi connectivity index (χ2v) is 10.2. The standard InChI is InChI=1S/C19H20FN5O3S2/c1-11-7-12(2)16-15(8-11)29-18(23-16)24-17(26)13-3-5-25(6-4-13)30(27,28)19-21-9-14(20)10-22-19/h7-10,13H,3-6H2,1-2H3,(H,23,24,26). The predicted octanol–water partition coefficient (Wildman–Crippen LogP) is 2.88. The fraction of sp³-hybridized carbons (Fsp3) is 0.368. The number of sulfonamides is 1. The maximum absolute atomic E-state index is 13.0. The number of amides is 1. The van der Waals surface area contributed by atoms with Crippen LogP contribution in [0.2, 0.25) is 0 Å². The Balaban J connectivity index is 1.41. The van der Waals surface area contributed by atoms with Crippen LogP contribution in [0.1, 0.15) is 24.0 Å². The van der Waals surface area contributed by atoms with E-state index in [-0.39, 0.29) is 24.9 Å². The molecule has 3 aromatic rings. The van der Waals surface area contributed by atoms with Gasteiger partial charge in [0, 0.05) is 19.0 Å². The summed E-state index contributed by atoms with van der Waals surface area (Å²) in [6.45, 7) is 4.34. The Labute approximate surface area is 177 Å². The number of aromatic nitrogens is 3. The van der Waals surface area contributed by atoms with E-state index in [1.165, 1.54) is 15.6 Å². The number of halogens is 1. The molecule has 0 spiro atoms. The van der Waals surface area contributed by atoms with Crippen LogP contribution in [0.3, 0.4) is 0 Å². The largest absolute Gasteiger partial charge is 0.302 e. The van der Waals surface area contributed by atoms with E-state index < -0.39 is 21.0 Å². The first-order valence-corrected chi connectivity index (χ1v) is 11.7. The molecule has 0 bridgehead atoms. The number of nitrogens with one attached hydrogen (secondary N) is 1. The summed E-state index contributed by atoms with van der Waals surface area (Å²) in [5, 5.41) is 2.98. The van der Waals surface area contributed by atoms with Gasteiger partial charge in [-0.2, -0.15) is 4.31 Å². The van der Waals surface area contributed by atoms with E-state index in [4.69, 9.17) is 0 Å². The van der Waals surface area contributed by atoms with Crippen LogP contribution in [0.5, 0.6) is 0 Å². The number of fused-ring (bicyclic) bond motifs is 1. The van der Waals surface area contributed by atoms with Crippen LogP contribution < -0.4 is 5.32 Å². The summed E-state index contributed by atoms with van der Waals surface area (Å²) in [5.41, 5.74) is 3.07. The summed E-state index contributed by atoms with van der Waals surface area (Å²) in [6, 6.07) is 4.09. The first kappa shape index (κ1) is 20.8. The van der Waals surface area contributed by atoms with Crippen molar-refractivity contribution in [1.29, 1.82) is 0 Å². The normalized spacial score (nSPS) is 16.1. The molecule has 0 saturated carbocycles. The van der Waals surface area contributed by atoms with Gasteiger partial charge in [-0.05, 0) is 43.9 Å². The molecular weight excluding hydrogens is 429 g/mol. The van der Waals surface area contributed by atoms with Crippen molar-refractivity contribution < 1.29 is 17.6 Å². The Morgan fingerprint density at radius 3 is 2.53 bits per heavy atom. The molecule has 0 radical (unpaired) electrons. The number of thiazole rings is 1. The molecule has 8 nitrogen and oxygen atoms in total. The number of hydrogen-bond acceptors (Lipinski definition) is 7. The number of carbonyl (C=O) groups is 1. The summed E-state index contributed by atoms with van der Waals surface area (Å²) in [5.74, 6) is -1.19. The van der Waals surface area contributed by atoms with Crippen LogP contribution >= 0.6 is 11.3 Å². The van der Waals surface area contributed by atoms with Gasteiger partial charge in [0.2, 0.25) is 5.91 Å². The highest BCUT2D eigenvalue weighted by atomic mass is 32.2. The Morgan fingerprint density at radius 1 is 1.20 bits per heavy atom. The van der Waals surface area contributed by atoms with Crippen molar-refractivity contribution >= 4 is 42.6 Å². The third-order valence-electron chi connectivity index (χ3n) is 5.05. The van der Waals surface area contributed by atoms with Crippen molar-refractivity contribution in [2.75, 3.05) is 18.4 Å². The van der Waals surface area contributed by atoms with Crippen LogP contribution in [0.15, 0.2) is 29.7 Å². The van der Waals surface area contributed by atoms with Crippen LogP contribution in [-0.4, -0.2) is 46.7 Å². The summed E-state index contributed by atoms with van der Waals surface area (Å²) in [6.07, 6.45) is 2.38. The van der Waals surface area contributed by atoms with Crippen molar-refractivity contribution in [2.45, 2.75) is 31.8 Å². The molecule has 0 aliphatic carbocycles. The average molecular weight is 450 g/mol. The van der Waals surface area contributed by atoms with Gasteiger partial charge < -0.3 is 5.32 Å². The topological polar surface area (TPSA) is 105 Å². The summed E-state index contributed by atoms with van der Waals surface area (Å²) >= 11 is 1.42. The molecule has 11 heteroatoms. The van der Waals surface area contributed by atoms with E-state index in [2.05, 4.69) is 26.3 Å². The number of hydrogen-bond donors (Lipinski definition) is 1. The second kappa shape index (κ2) is 7.97. The minimum atomic E-state index is -3.91. The molecule has 2 aromatic heterocycles. The summed E-state index contributed by atoms with van der Waals surface area (Å²) in [7, 11) is -3.91. The molecule has 1 aromatic carbocycles. The zero-order valence-electron chi connectivity index (χ0n) is 16.4. The smallest absolute Gasteiger partial charge is 0.278 e. The third-order valence-corrected chi connectivity index (χ3v) is 7.69. The minimum absolute atomic E-state index is 0.166. The fourth-order valence-corrected chi connectivity index (χ4v) is 5.88. The van der Waals surface area contributed by atoms with E-state index in [1.807, 2.05) is 19.9 Å². The molecule has 0 atom stereocenters. The summed E-state index contributed by atoms with van der Waals surface area (Å²) < 4.78 is 40.4. The first-order chi connectivity index (χ1) is 14.2. The fourth-order valence-electron chi connectivity index (χ4n) is 3.54. The van der Waals surface area contributed by atoms with E-state index in [0.29, 0.717) is 18.0 Å². The molecule has 158 valence electrons. The van der Waals surface area contributed by atoms with Gasteiger partial charge in [-0.15, -0.1) is 0 Å². The molecular formula is C19H20FN5O3S2. The highest BCUT2D eigenvalue weighted by molar-refractivity contribution is 7.88. The molecule has 1 aliphatic rings. The Morgan fingerprint density at radius 2 is 1.87 bits per heavy atom. The third kappa shape index (κ3) is 4.05. The van der Waals surface area contributed by atoms with Gasteiger partial charge in [-0.3, -0.25) is 4.79 Å². The molecule has 1 aliphatic heterocycles. The SMILES string of the molecule is Cc1cc(C)c2nc(NC(=O)C3CCN(S(=O)(=O)c4ncc(F)cn4)CC3)sc2c1. The van der Waals surface area contributed by atoms with Gasteiger partial charge in [0.05, 0.1) is 22.6 Å². The minimum Gasteiger partial charge on any atom is -0.302 e. The van der Waals surface area contributed by atoms with Crippen LogP contribution in [0, 0.1) is 25.6 Å². The Kier molecular flexibility index (Phi) is 5.51. The lowest BCUT2D eigenvalue weighted by Crippen LogP contribution is -2.41. The van der Waals surface area contributed by atoms with Crippen molar-refractivity contribution in [3.05, 3.63) is 41.5 Å². The molecule has 1 amide bonds. The lowest BCUT2D eigenvalue weighted by atomic mass is 9.97. The van der Waals surface area contributed by atoms with Crippen LogP contribution in [-0.2, 0) is 14.8 Å². The van der Waals surface area contributed by atoms with E-state index >= 15 is 0 Å². The molecule has 4 rings (SSSR count). The highest BCUT2D eigenvalue weighted by Crippen LogP contribution is 2.30. The van der Waals surface area contributed by atoms with E-state index in [9.17, 15) is 17.6 Å². The average Bonchev–Trinajstić information content (AvgIpc) is 3.11. The highest BCUT2D eigenvalue weighted by Gasteiger charge is 2.34. The molecule has 3 heterocycles. The van der Waals surface area contributed by atoms with Gasteiger partial charge in [0.15, 0.2) is 10.9 Å². The maximum Gasteiger partial charge on any atom is 0.278 e. The number of benzene rings is 1. The summed E-state index contributed by atoms with van der Waals surface area (Å²) in [4.78, 5) is 24.3. The van der Waals surface area contributed by atoms with Gasteiger partial charge in [-0.1, -0.05) is 17.4 Å². The Bertz CT molecular complexity index is 1200. The van der Waals surface area contributed by atoms with Crippen molar-refractivity contribution in [2.24, 2.45) is 5.92 Å². The zero-order valence-corrected chi connectivity index (χ0v) is 18.1. The van der Waals surface area contributed by atoms with Gasteiger partial charge in [0.25, 0.3) is 15.2 Å². The number of rotatable bonds is 4. The first-order valence-electron chi connectivity index (χ1n) is 9.40. The quantitative estimate of drug-likeness (QED) is 0.614. The lowest BCUT2D eigenvalue weighted by molar-refractivity contribution is -0.120. The Hall–Kier alpha value is -2.50. The molecule has 30 heavy (non-hydrogen) atoms. The van der Waals surface area contributed by atoms with Crippen molar-refractivity contribution in [3.8, 4) is 0 Å².